The first kappa shape index (κ1) is 21.0. The van der Waals surface area contributed by atoms with Gasteiger partial charge in [0.1, 0.15) is 11.4 Å². The van der Waals surface area contributed by atoms with Gasteiger partial charge in [0.2, 0.25) is 5.91 Å². The van der Waals surface area contributed by atoms with Crippen molar-refractivity contribution < 1.29 is 9.72 Å². The zero-order valence-corrected chi connectivity index (χ0v) is 18.1. The second kappa shape index (κ2) is 8.75. The summed E-state index contributed by atoms with van der Waals surface area (Å²) in [4.78, 5) is 22.9. The number of hydrogen-bond acceptors (Lipinski definition) is 5. The van der Waals surface area contributed by atoms with E-state index < -0.39 is 4.92 Å². The molecule has 2 heterocycles. The van der Waals surface area contributed by atoms with Crippen molar-refractivity contribution in [2.75, 3.05) is 5.32 Å². The summed E-state index contributed by atoms with van der Waals surface area (Å²) < 4.78 is 3.78. The molecule has 0 aliphatic rings. The largest absolute Gasteiger partial charge is 0.312 e. The van der Waals surface area contributed by atoms with Crippen molar-refractivity contribution in [3.8, 4) is 0 Å². The molecule has 3 rings (SSSR count). The Morgan fingerprint density at radius 3 is 2.69 bits per heavy atom. The monoisotopic (exact) mass is 480 g/mol. The summed E-state index contributed by atoms with van der Waals surface area (Å²) in [6, 6.07) is 7.46. The molecule has 2 aromatic heterocycles. The van der Waals surface area contributed by atoms with E-state index in [1.54, 1.807) is 30.8 Å². The van der Waals surface area contributed by atoms with E-state index in [9.17, 15) is 14.9 Å². The molecule has 3 aromatic rings. The number of nitrogens with zero attached hydrogens (tertiary/aromatic N) is 5. The summed E-state index contributed by atoms with van der Waals surface area (Å²) in [5.74, 6) is 0.116. The van der Waals surface area contributed by atoms with E-state index in [-0.39, 0.29) is 24.6 Å². The lowest BCUT2D eigenvalue weighted by atomic mass is 10.2. The molecule has 11 heteroatoms. The van der Waals surface area contributed by atoms with Crippen LogP contribution in [0.3, 0.4) is 0 Å². The van der Waals surface area contributed by atoms with Crippen LogP contribution in [0, 0.1) is 24.0 Å². The van der Waals surface area contributed by atoms with Crippen molar-refractivity contribution >= 4 is 44.9 Å². The molecular weight excluding hydrogens is 464 g/mol. The molecular formula is C18H18BrClN6O3. The fourth-order valence-corrected chi connectivity index (χ4v) is 3.55. The Morgan fingerprint density at radius 2 is 2.03 bits per heavy atom. The lowest BCUT2D eigenvalue weighted by molar-refractivity contribution is -0.386. The van der Waals surface area contributed by atoms with Crippen LogP contribution >= 0.6 is 27.5 Å². The molecule has 0 atom stereocenters. The van der Waals surface area contributed by atoms with Gasteiger partial charge in [-0.2, -0.15) is 10.2 Å². The number of anilines is 1. The Morgan fingerprint density at radius 1 is 1.31 bits per heavy atom. The third kappa shape index (κ3) is 4.83. The molecule has 0 spiro atoms. The molecule has 1 amide bonds. The number of hydrogen-bond donors (Lipinski definition) is 1. The zero-order valence-electron chi connectivity index (χ0n) is 15.7. The van der Waals surface area contributed by atoms with Crippen molar-refractivity contribution in [1.29, 1.82) is 0 Å². The minimum Gasteiger partial charge on any atom is -0.308 e. The number of nitrogens with one attached hydrogen (secondary N) is 1. The summed E-state index contributed by atoms with van der Waals surface area (Å²) in [6.45, 7) is 3.88. The average molecular weight is 482 g/mol. The van der Waals surface area contributed by atoms with Gasteiger partial charge >= 0.3 is 5.69 Å². The van der Waals surface area contributed by atoms with E-state index in [0.29, 0.717) is 33.2 Å². The van der Waals surface area contributed by atoms with Gasteiger partial charge < -0.3 is 5.32 Å². The minimum atomic E-state index is -0.461. The molecule has 9 nitrogen and oxygen atoms in total. The number of benzene rings is 1. The molecule has 0 bridgehead atoms. The summed E-state index contributed by atoms with van der Waals surface area (Å²) >= 11 is 9.57. The lowest BCUT2D eigenvalue weighted by Gasteiger charge is -2.05. The summed E-state index contributed by atoms with van der Waals surface area (Å²) in [6.07, 6.45) is 1.85. The number of aryl methyl sites for hydroxylation is 2. The van der Waals surface area contributed by atoms with Gasteiger partial charge in [0.05, 0.1) is 22.5 Å². The first-order valence-electron chi connectivity index (χ1n) is 8.71. The Bertz CT molecular complexity index is 1080. The predicted molar refractivity (Wildman–Crippen MR) is 112 cm³/mol. The second-order valence-electron chi connectivity index (χ2n) is 6.41. The highest BCUT2D eigenvalue weighted by molar-refractivity contribution is 9.10. The molecule has 0 radical (unpaired) electrons. The molecule has 0 aliphatic heterocycles. The number of carbonyl (C=O) groups excluding carboxylic acids is 1. The van der Waals surface area contributed by atoms with Gasteiger partial charge in [0, 0.05) is 17.6 Å². The highest BCUT2D eigenvalue weighted by Gasteiger charge is 2.22. The third-order valence-electron chi connectivity index (χ3n) is 4.34. The van der Waals surface area contributed by atoms with E-state index in [1.807, 2.05) is 18.2 Å². The van der Waals surface area contributed by atoms with Crippen LogP contribution in [0.25, 0.3) is 0 Å². The molecule has 1 aromatic carbocycles. The van der Waals surface area contributed by atoms with Crippen LogP contribution in [-0.2, 0) is 17.9 Å². The van der Waals surface area contributed by atoms with Gasteiger partial charge in [-0.1, -0.05) is 29.8 Å². The van der Waals surface area contributed by atoms with Gasteiger partial charge in [-0.25, -0.2) is 0 Å². The van der Waals surface area contributed by atoms with Crippen molar-refractivity contribution in [1.82, 2.24) is 19.6 Å². The fourth-order valence-electron chi connectivity index (χ4n) is 2.94. The number of nitro groups is 1. The van der Waals surface area contributed by atoms with E-state index in [4.69, 9.17) is 11.6 Å². The normalized spacial score (nSPS) is 10.9. The van der Waals surface area contributed by atoms with Gasteiger partial charge in [-0.05, 0) is 41.4 Å². The minimum absolute atomic E-state index is 0.0218. The molecule has 0 aliphatic carbocycles. The van der Waals surface area contributed by atoms with Gasteiger partial charge in [-0.15, -0.1) is 0 Å². The van der Waals surface area contributed by atoms with Crippen molar-refractivity contribution in [3.63, 3.8) is 0 Å². The maximum absolute atomic E-state index is 12.3. The van der Waals surface area contributed by atoms with Crippen LogP contribution in [0.2, 0.25) is 5.02 Å². The molecule has 0 saturated heterocycles. The lowest BCUT2D eigenvalue weighted by Crippen LogP contribution is -2.16. The highest BCUT2D eigenvalue weighted by atomic mass is 79.9. The van der Waals surface area contributed by atoms with Crippen LogP contribution < -0.4 is 5.32 Å². The Hall–Kier alpha value is -2.72. The number of rotatable bonds is 7. The number of aromatic nitrogens is 4. The maximum Gasteiger partial charge on any atom is 0.312 e. The van der Waals surface area contributed by atoms with Crippen LogP contribution in [0.1, 0.15) is 23.4 Å². The standard InChI is InChI=1S/C18H18BrClN6O3/c1-11-17(26(28)29)12(2)25(22-11)8-7-16(27)21-18-14(19)10-24(23-18)9-13-5-3-4-6-15(13)20/h3-6,10H,7-9H2,1-2H3,(H,21,23,27). The topological polar surface area (TPSA) is 108 Å². The highest BCUT2D eigenvalue weighted by Crippen LogP contribution is 2.24. The zero-order chi connectivity index (χ0) is 21.1. The van der Waals surface area contributed by atoms with E-state index in [1.165, 1.54) is 4.68 Å². The molecule has 1 N–H and O–H groups in total. The number of amides is 1. The molecule has 152 valence electrons. The number of halogens is 2. The first-order valence-corrected chi connectivity index (χ1v) is 9.88. The summed E-state index contributed by atoms with van der Waals surface area (Å²) in [5, 5.41) is 23.0. The number of carbonyl (C=O) groups is 1. The van der Waals surface area contributed by atoms with E-state index in [0.717, 1.165) is 5.56 Å². The Labute approximate surface area is 179 Å². The van der Waals surface area contributed by atoms with E-state index in [2.05, 4.69) is 31.4 Å². The average Bonchev–Trinajstić information content (AvgIpc) is 3.13. The quantitative estimate of drug-likeness (QED) is 0.404. The molecule has 29 heavy (non-hydrogen) atoms. The van der Waals surface area contributed by atoms with Crippen molar-refractivity contribution in [2.24, 2.45) is 0 Å². The predicted octanol–water partition coefficient (Wildman–Crippen LogP) is 4.10. The third-order valence-corrected chi connectivity index (χ3v) is 5.29. The van der Waals surface area contributed by atoms with Crippen molar-refractivity contribution in [2.45, 2.75) is 33.4 Å². The van der Waals surface area contributed by atoms with Gasteiger partial charge in [0.25, 0.3) is 0 Å². The SMILES string of the molecule is Cc1nn(CCC(=O)Nc2nn(Cc3ccccc3Cl)cc2Br)c(C)c1[N+](=O)[O-]. The second-order valence-corrected chi connectivity index (χ2v) is 7.67. The summed E-state index contributed by atoms with van der Waals surface area (Å²) in [5.41, 5.74) is 1.64. The van der Waals surface area contributed by atoms with Crippen LogP contribution in [0.15, 0.2) is 34.9 Å². The van der Waals surface area contributed by atoms with Crippen molar-refractivity contribution in [3.05, 3.63) is 67.0 Å². The van der Waals surface area contributed by atoms with Crippen LogP contribution in [0.4, 0.5) is 11.5 Å². The first-order chi connectivity index (χ1) is 13.8. The fraction of sp³-hybridized carbons (Fsp3) is 0.278. The molecule has 0 fully saturated rings. The smallest absolute Gasteiger partial charge is 0.308 e. The van der Waals surface area contributed by atoms with E-state index >= 15 is 0 Å². The molecule has 0 unspecified atom stereocenters. The van der Waals surface area contributed by atoms with Gasteiger partial charge in [0.15, 0.2) is 5.82 Å². The van der Waals surface area contributed by atoms with Crippen LogP contribution in [-0.4, -0.2) is 30.4 Å². The van der Waals surface area contributed by atoms with Gasteiger partial charge in [-0.3, -0.25) is 24.3 Å². The Balaban J connectivity index is 1.63. The summed E-state index contributed by atoms with van der Waals surface area (Å²) in [7, 11) is 0. The molecule has 0 saturated carbocycles. The Kier molecular flexibility index (Phi) is 6.33. The maximum atomic E-state index is 12.3. The van der Waals surface area contributed by atoms with Crippen LogP contribution in [0.5, 0.6) is 0 Å².